The number of nitro benzene ring substituents is 1. The third-order valence-corrected chi connectivity index (χ3v) is 9.08. The summed E-state index contributed by atoms with van der Waals surface area (Å²) in [6.45, 7) is -0.0345. The molecule has 0 spiro atoms. The summed E-state index contributed by atoms with van der Waals surface area (Å²) in [6.07, 6.45) is 1.54. The van der Waals surface area contributed by atoms with Gasteiger partial charge in [0.25, 0.3) is 11.6 Å². The third-order valence-electron chi connectivity index (χ3n) is 5.97. The van der Waals surface area contributed by atoms with Crippen LogP contribution in [0.15, 0.2) is 90.0 Å². The number of carbonyl (C=O) groups excluding carboxylic acids is 1. The number of fused-ring (bicyclic) bond motifs is 1. The minimum atomic E-state index is -0.437. The van der Waals surface area contributed by atoms with Crippen LogP contribution in [-0.2, 0) is 11.4 Å². The molecule has 4 aromatic rings. The van der Waals surface area contributed by atoms with E-state index in [2.05, 4.69) is 10.5 Å². The second kappa shape index (κ2) is 12.7. The maximum absolute atomic E-state index is 12.4. The summed E-state index contributed by atoms with van der Waals surface area (Å²) in [4.78, 5) is 23.0. The highest BCUT2D eigenvalue weighted by molar-refractivity contribution is 8.19. The zero-order chi connectivity index (χ0) is 27.0. The molecule has 5 rings (SSSR count). The largest absolute Gasteiger partial charge is 0.488 e. The van der Waals surface area contributed by atoms with E-state index in [9.17, 15) is 14.9 Å². The number of rotatable bonds is 10. The van der Waals surface area contributed by atoms with Gasteiger partial charge in [-0.05, 0) is 40.1 Å². The summed E-state index contributed by atoms with van der Waals surface area (Å²) in [6, 6.07) is 25.6. The minimum Gasteiger partial charge on any atom is -0.488 e. The van der Waals surface area contributed by atoms with Crippen molar-refractivity contribution in [3.8, 4) is 11.5 Å². The van der Waals surface area contributed by atoms with Crippen LogP contribution in [0.25, 0.3) is 10.8 Å². The van der Waals surface area contributed by atoms with Gasteiger partial charge in [-0.25, -0.2) is 5.43 Å². The van der Waals surface area contributed by atoms with Crippen LogP contribution in [0.5, 0.6) is 11.5 Å². The lowest BCUT2D eigenvalue weighted by Gasteiger charge is -2.12. The number of amides is 1. The number of nitro groups is 1. The summed E-state index contributed by atoms with van der Waals surface area (Å²) in [5.74, 6) is 3.10. The quantitative estimate of drug-likeness (QED) is 0.137. The van der Waals surface area contributed by atoms with Gasteiger partial charge in [-0.1, -0.05) is 54.6 Å². The smallest absolute Gasteiger partial charge is 0.277 e. The first-order valence-corrected chi connectivity index (χ1v) is 14.3. The zero-order valence-corrected chi connectivity index (χ0v) is 22.5. The Morgan fingerprint density at radius 2 is 1.79 bits per heavy atom. The van der Waals surface area contributed by atoms with Crippen LogP contribution in [0.2, 0.25) is 0 Å². The van der Waals surface area contributed by atoms with Crippen molar-refractivity contribution in [3.63, 3.8) is 0 Å². The molecular weight excluding hydrogens is 534 g/mol. The van der Waals surface area contributed by atoms with Crippen LogP contribution in [0, 0.1) is 10.1 Å². The summed E-state index contributed by atoms with van der Waals surface area (Å²) < 4.78 is 12.1. The monoisotopic (exact) mass is 559 g/mol. The topological polar surface area (TPSA) is 103 Å². The van der Waals surface area contributed by atoms with Crippen molar-refractivity contribution in [3.05, 3.63) is 112 Å². The maximum atomic E-state index is 12.4. The van der Waals surface area contributed by atoms with Gasteiger partial charge in [0.1, 0.15) is 18.1 Å². The number of nitrogens with one attached hydrogen (secondary N) is 1. The van der Waals surface area contributed by atoms with E-state index in [1.165, 1.54) is 35.4 Å². The Bertz CT molecular complexity index is 1500. The van der Waals surface area contributed by atoms with Crippen LogP contribution < -0.4 is 14.9 Å². The van der Waals surface area contributed by atoms with Crippen molar-refractivity contribution in [1.29, 1.82) is 0 Å². The fourth-order valence-electron chi connectivity index (χ4n) is 4.08. The molecule has 1 aliphatic rings. The number of carbonyl (C=O) groups is 1. The molecule has 0 unspecified atom stereocenters. The van der Waals surface area contributed by atoms with E-state index in [1.54, 1.807) is 12.1 Å². The van der Waals surface area contributed by atoms with Crippen molar-refractivity contribution in [2.45, 2.75) is 11.2 Å². The summed E-state index contributed by atoms with van der Waals surface area (Å²) >= 11 is 3.88. The van der Waals surface area contributed by atoms with Crippen LogP contribution in [0.1, 0.15) is 21.3 Å². The third kappa shape index (κ3) is 6.90. The molecule has 0 saturated carbocycles. The Morgan fingerprint density at radius 3 is 2.59 bits per heavy atom. The second-order valence-electron chi connectivity index (χ2n) is 8.64. The molecule has 0 atom stereocenters. The van der Waals surface area contributed by atoms with Gasteiger partial charge in [-0.15, -0.1) is 23.5 Å². The fraction of sp³-hybridized carbons (Fsp3) is 0.172. The molecule has 1 aliphatic heterocycles. The molecule has 0 aliphatic carbocycles. The number of thioether (sulfide) groups is 2. The molecule has 0 radical (unpaired) electrons. The van der Waals surface area contributed by atoms with Gasteiger partial charge in [0.2, 0.25) is 0 Å². The van der Waals surface area contributed by atoms with Crippen LogP contribution >= 0.6 is 23.5 Å². The molecule has 4 aromatic carbocycles. The number of non-ortho nitro benzene ring substituents is 1. The summed E-state index contributed by atoms with van der Waals surface area (Å²) in [5.41, 5.74) is 5.11. The molecule has 1 saturated heterocycles. The second-order valence-corrected chi connectivity index (χ2v) is 11.4. The Labute approximate surface area is 233 Å². The van der Waals surface area contributed by atoms with Gasteiger partial charge >= 0.3 is 0 Å². The van der Waals surface area contributed by atoms with Gasteiger partial charge in [0, 0.05) is 29.2 Å². The Morgan fingerprint density at radius 1 is 1.00 bits per heavy atom. The van der Waals surface area contributed by atoms with E-state index in [-0.39, 0.29) is 18.9 Å². The molecule has 0 bridgehead atoms. The lowest BCUT2D eigenvalue weighted by molar-refractivity contribution is -0.384. The first kappa shape index (κ1) is 26.6. The van der Waals surface area contributed by atoms with Crippen molar-refractivity contribution in [1.82, 2.24) is 5.43 Å². The molecule has 8 nitrogen and oxygen atoms in total. The minimum absolute atomic E-state index is 0.00379. The van der Waals surface area contributed by atoms with Crippen LogP contribution in [0.3, 0.4) is 0 Å². The number of benzene rings is 4. The molecule has 1 N–H and O–H groups in total. The highest BCUT2D eigenvalue weighted by Gasteiger charge is 2.18. The predicted molar refractivity (Wildman–Crippen MR) is 157 cm³/mol. The first-order chi connectivity index (χ1) is 19.1. The average Bonchev–Trinajstić information content (AvgIpc) is 3.51. The van der Waals surface area contributed by atoms with Crippen LogP contribution in [0.4, 0.5) is 5.69 Å². The number of nitrogens with zero attached hydrogens (tertiary/aromatic N) is 2. The number of ether oxygens (including phenoxy) is 2. The molecule has 39 heavy (non-hydrogen) atoms. The zero-order valence-electron chi connectivity index (χ0n) is 20.8. The normalized spacial score (nSPS) is 13.5. The Balaban J connectivity index is 1.23. The Hall–Kier alpha value is -4.02. The van der Waals surface area contributed by atoms with Crippen molar-refractivity contribution < 1.29 is 19.2 Å². The number of hydrogen-bond acceptors (Lipinski definition) is 8. The van der Waals surface area contributed by atoms with Crippen molar-refractivity contribution >= 4 is 52.1 Å². The molecule has 0 aromatic heterocycles. The van der Waals surface area contributed by atoms with Gasteiger partial charge in [-0.2, -0.15) is 5.10 Å². The molecule has 10 heteroatoms. The SMILES string of the molecule is O=C(COc1ccc(C2SCCS2)cc1)N/N=C\c1c(OCc2cccc([N+](=O)[O-])c2)ccc2ccccc12. The van der Waals surface area contributed by atoms with E-state index in [0.717, 1.165) is 10.8 Å². The molecule has 1 heterocycles. The molecular formula is C29H25N3O5S2. The lowest BCUT2D eigenvalue weighted by Crippen LogP contribution is -2.24. The molecule has 1 amide bonds. The van der Waals surface area contributed by atoms with E-state index in [0.29, 0.717) is 27.2 Å². The van der Waals surface area contributed by atoms with Gasteiger partial charge < -0.3 is 9.47 Å². The first-order valence-electron chi connectivity index (χ1n) is 12.2. The summed E-state index contributed by atoms with van der Waals surface area (Å²) in [5, 5.41) is 17.1. The highest BCUT2D eigenvalue weighted by Crippen LogP contribution is 2.45. The van der Waals surface area contributed by atoms with Crippen LogP contribution in [-0.4, -0.2) is 35.2 Å². The van der Waals surface area contributed by atoms with Gasteiger partial charge in [-0.3, -0.25) is 14.9 Å². The van der Waals surface area contributed by atoms with E-state index in [1.807, 2.05) is 84.2 Å². The lowest BCUT2D eigenvalue weighted by atomic mass is 10.0. The van der Waals surface area contributed by atoms with E-state index < -0.39 is 10.8 Å². The van der Waals surface area contributed by atoms with E-state index >= 15 is 0 Å². The maximum Gasteiger partial charge on any atom is 0.277 e. The standard InChI is InChI=1S/C29H25N3O5S2/c33-28(19-36-24-11-8-22(9-12-24)29-38-14-15-39-29)31-30-17-26-25-7-2-1-5-21(25)10-13-27(26)37-18-20-4-3-6-23(16-20)32(34)35/h1-13,16-17,29H,14-15,18-19H2,(H,31,33)/b30-17-. The average molecular weight is 560 g/mol. The fourth-order valence-corrected chi connectivity index (χ4v) is 6.94. The number of hydrogen-bond donors (Lipinski definition) is 1. The highest BCUT2D eigenvalue weighted by atomic mass is 32.2. The van der Waals surface area contributed by atoms with Gasteiger partial charge in [0.15, 0.2) is 6.61 Å². The molecule has 198 valence electrons. The Kier molecular flexibility index (Phi) is 8.65. The van der Waals surface area contributed by atoms with E-state index in [4.69, 9.17) is 9.47 Å². The summed E-state index contributed by atoms with van der Waals surface area (Å²) in [7, 11) is 0. The molecule has 1 fully saturated rings. The number of hydrazone groups is 1. The predicted octanol–water partition coefficient (Wildman–Crippen LogP) is 6.33. The van der Waals surface area contributed by atoms with Crippen molar-refractivity contribution in [2.24, 2.45) is 5.10 Å². The van der Waals surface area contributed by atoms with Gasteiger partial charge in [0.05, 0.1) is 15.7 Å². The van der Waals surface area contributed by atoms with Crippen molar-refractivity contribution in [2.75, 3.05) is 18.1 Å².